The third-order valence-electron chi connectivity index (χ3n) is 2.65. The van der Waals surface area contributed by atoms with E-state index >= 15 is 0 Å². The number of tetrazole rings is 1. The average Bonchev–Trinajstić information content (AvgIpc) is 3.09. The molecule has 3 aromatic rings. The molecule has 0 N–H and O–H groups in total. The number of nitrogens with zero attached hydrogens (tertiary/aromatic N) is 4. The van der Waals surface area contributed by atoms with Crippen molar-refractivity contribution in [2.24, 2.45) is 0 Å². The summed E-state index contributed by atoms with van der Waals surface area (Å²) in [5.41, 5.74) is 1.08. The Morgan fingerprint density at radius 3 is 3.00 bits per heavy atom. The fourth-order valence-corrected chi connectivity index (χ4v) is 2.40. The van der Waals surface area contributed by atoms with Crippen molar-refractivity contribution in [1.82, 2.24) is 20.2 Å². The molecule has 0 atom stereocenters. The molecule has 0 bridgehead atoms. The molecule has 2 aromatic heterocycles. The van der Waals surface area contributed by atoms with E-state index in [9.17, 15) is 0 Å². The molecule has 0 unspecified atom stereocenters. The molecule has 0 aliphatic rings. The molecule has 1 aromatic carbocycles. The lowest BCUT2D eigenvalue weighted by molar-refractivity contribution is 0.413. The first-order valence-corrected chi connectivity index (χ1v) is 6.68. The normalized spacial score (nSPS) is 10.6. The molecule has 19 heavy (non-hydrogen) atoms. The summed E-state index contributed by atoms with van der Waals surface area (Å²) in [6.07, 6.45) is 0. The van der Waals surface area contributed by atoms with Crippen molar-refractivity contribution < 1.29 is 4.74 Å². The summed E-state index contributed by atoms with van der Waals surface area (Å²) in [6.45, 7) is 0.579. The minimum Gasteiger partial charge on any atom is -0.497 e. The minimum absolute atomic E-state index is 0.579. The highest BCUT2D eigenvalue weighted by molar-refractivity contribution is 7.13. The van der Waals surface area contributed by atoms with Gasteiger partial charge in [-0.25, -0.2) is 0 Å². The topological polar surface area (TPSA) is 52.8 Å². The van der Waals surface area contributed by atoms with Gasteiger partial charge in [0.1, 0.15) is 5.75 Å². The van der Waals surface area contributed by atoms with Crippen molar-refractivity contribution >= 4 is 11.3 Å². The highest BCUT2D eigenvalue weighted by Gasteiger charge is 2.07. The maximum absolute atomic E-state index is 5.19. The van der Waals surface area contributed by atoms with E-state index < -0.39 is 0 Å². The molecular formula is C13H12N4OS. The summed E-state index contributed by atoms with van der Waals surface area (Å²) in [7, 11) is 1.65. The Balaban J connectivity index is 1.80. The van der Waals surface area contributed by atoms with Gasteiger partial charge in [0.25, 0.3) is 0 Å². The van der Waals surface area contributed by atoms with Gasteiger partial charge in [-0.2, -0.15) is 4.80 Å². The number of hydrogen-bond acceptors (Lipinski definition) is 5. The summed E-state index contributed by atoms with van der Waals surface area (Å²) >= 11 is 1.60. The smallest absolute Gasteiger partial charge is 0.214 e. The summed E-state index contributed by atoms with van der Waals surface area (Å²) < 4.78 is 5.19. The lowest BCUT2D eigenvalue weighted by Crippen LogP contribution is -2.04. The van der Waals surface area contributed by atoms with E-state index in [1.54, 1.807) is 23.2 Å². The average molecular weight is 272 g/mol. The van der Waals surface area contributed by atoms with Crippen LogP contribution < -0.4 is 4.74 Å². The molecule has 3 rings (SSSR count). The van der Waals surface area contributed by atoms with Crippen LogP contribution >= 0.6 is 11.3 Å². The minimum atomic E-state index is 0.579. The van der Waals surface area contributed by atoms with Gasteiger partial charge in [0, 0.05) is 0 Å². The lowest BCUT2D eigenvalue weighted by Gasteiger charge is -2.02. The molecule has 6 heteroatoms. The Bertz CT molecular complexity index is 663. The molecule has 0 aliphatic heterocycles. The predicted octanol–water partition coefficient (Wildman–Crippen LogP) is 2.46. The Morgan fingerprint density at radius 2 is 2.21 bits per heavy atom. The van der Waals surface area contributed by atoms with E-state index in [1.165, 1.54) is 0 Å². The van der Waals surface area contributed by atoms with Gasteiger partial charge in [0.05, 0.1) is 18.5 Å². The lowest BCUT2D eigenvalue weighted by atomic mass is 10.2. The molecular weight excluding hydrogens is 260 g/mol. The van der Waals surface area contributed by atoms with Gasteiger partial charge in [-0.05, 0) is 34.4 Å². The van der Waals surface area contributed by atoms with E-state index in [4.69, 9.17) is 4.74 Å². The van der Waals surface area contributed by atoms with Gasteiger partial charge in [0.15, 0.2) is 0 Å². The van der Waals surface area contributed by atoms with Crippen molar-refractivity contribution in [3.63, 3.8) is 0 Å². The monoisotopic (exact) mass is 272 g/mol. The van der Waals surface area contributed by atoms with Crippen molar-refractivity contribution in [3.8, 4) is 16.5 Å². The first kappa shape index (κ1) is 11.9. The first-order chi connectivity index (χ1) is 9.35. The van der Waals surface area contributed by atoms with Crippen LogP contribution in [0.3, 0.4) is 0 Å². The number of benzene rings is 1. The van der Waals surface area contributed by atoms with Crippen LogP contribution in [-0.2, 0) is 6.54 Å². The third-order valence-corrected chi connectivity index (χ3v) is 3.52. The van der Waals surface area contributed by atoms with Gasteiger partial charge in [-0.1, -0.05) is 18.2 Å². The number of hydrogen-bond donors (Lipinski definition) is 0. The van der Waals surface area contributed by atoms with E-state index in [2.05, 4.69) is 15.4 Å². The summed E-state index contributed by atoms with van der Waals surface area (Å²) in [4.78, 5) is 2.61. The van der Waals surface area contributed by atoms with E-state index in [0.29, 0.717) is 12.4 Å². The number of ether oxygens (including phenoxy) is 1. The van der Waals surface area contributed by atoms with Gasteiger partial charge in [-0.15, -0.1) is 21.5 Å². The van der Waals surface area contributed by atoms with Crippen LogP contribution in [-0.4, -0.2) is 27.3 Å². The number of methoxy groups -OCH3 is 1. The van der Waals surface area contributed by atoms with Crippen LogP contribution in [0, 0.1) is 0 Å². The second-order valence-electron chi connectivity index (χ2n) is 3.97. The van der Waals surface area contributed by atoms with E-state index in [1.807, 2.05) is 41.8 Å². The van der Waals surface area contributed by atoms with Crippen LogP contribution in [0.1, 0.15) is 5.56 Å². The highest BCUT2D eigenvalue weighted by atomic mass is 32.1. The Hall–Kier alpha value is -2.21. The standard InChI is InChI=1S/C13H12N4OS/c1-18-11-5-2-4-10(8-11)9-17-15-13(14-16-17)12-6-3-7-19-12/h2-8H,9H2,1H3. The third kappa shape index (κ3) is 2.63. The van der Waals surface area contributed by atoms with Crippen molar-refractivity contribution in [1.29, 1.82) is 0 Å². The van der Waals surface area contributed by atoms with Crippen LogP contribution in [0.25, 0.3) is 10.7 Å². The van der Waals surface area contributed by atoms with Gasteiger partial charge in [-0.3, -0.25) is 0 Å². The van der Waals surface area contributed by atoms with E-state index in [0.717, 1.165) is 16.2 Å². The van der Waals surface area contributed by atoms with Crippen molar-refractivity contribution in [2.75, 3.05) is 7.11 Å². The molecule has 0 radical (unpaired) electrons. The zero-order chi connectivity index (χ0) is 13.1. The quantitative estimate of drug-likeness (QED) is 0.732. The SMILES string of the molecule is COc1cccc(Cn2nnc(-c3cccs3)n2)c1. The summed E-state index contributed by atoms with van der Waals surface area (Å²) in [6, 6.07) is 11.8. The predicted molar refractivity (Wildman–Crippen MR) is 73.2 cm³/mol. The first-order valence-electron chi connectivity index (χ1n) is 5.80. The molecule has 0 amide bonds. The second-order valence-corrected chi connectivity index (χ2v) is 4.92. The molecule has 0 aliphatic carbocycles. The molecule has 0 spiro atoms. The Kier molecular flexibility index (Phi) is 3.24. The molecule has 5 nitrogen and oxygen atoms in total. The number of thiophene rings is 1. The van der Waals surface area contributed by atoms with Gasteiger partial charge >= 0.3 is 0 Å². The van der Waals surface area contributed by atoms with Gasteiger partial charge in [0.2, 0.25) is 5.82 Å². The molecule has 96 valence electrons. The van der Waals surface area contributed by atoms with Crippen LogP contribution in [0.15, 0.2) is 41.8 Å². The Labute approximate surface area is 114 Å². The van der Waals surface area contributed by atoms with Crippen molar-refractivity contribution in [3.05, 3.63) is 47.3 Å². The Morgan fingerprint density at radius 1 is 1.26 bits per heavy atom. The maximum atomic E-state index is 5.19. The van der Waals surface area contributed by atoms with Gasteiger partial charge < -0.3 is 4.74 Å². The van der Waals surface area contributed by atoms with Crippen LogP contribution in [0.4, 0.5) is 0 Å². The number of aromatic nitrogens is 4. The van der Waals surface area contributed by atoms with Crippen molar-refractivity contribution in [2.45, 2.75) is 6.54 Å². The zero-order valence-electron chi connectivity index (χ0n) is 10.4. The summed E-state index contributed by atoms with van der Waals surface area (Å²) in [5.74, 6) is 1.49. The highest BCUT2D eigenvalue weighted by Crippen LogP contribution is 2.20. The van der Waals surface area contributed by atoms with Crippen LogP contribution in [0.5, 0.6) is 5.75 Å². The summed E-state index contributed by atoms with van der Waals surface area (Å²) in [5, 5.41) is 14.5. The van der Waals surface area contributed by atoms with Crippen LogP contribution in [0.2, 0.25) is 0 Å². The fourth-order valence-electron chi connectivity index (χ4n) is 1.75. The molecule has 0 saturated carbocycles. The number of rotatable bonds is 4. The van der Waals surface area contributed by atoms with E-state index in [-0.39, 0.29) is 0 Å². The fraction of sp³-hybridized carbons (Fsp3) is 0.154. The largest absolute Gasteiger partial charge is 0.497 e. The molecule has 2 heterocycles. The molecule has 0 saturated heterocycles. The molecule has 0 fully saturated rings. The second kappa shape index (κ2) is 5.19. The maximum Gasteiger partial charge on any atom is 0.214 e. The zero-order valence-corrected chi connectivity index (χ0v) is 11.2.